The maximum atomic E-state index is 12.5. The van der Waals surface area contributed by atoms with Crippen LogP contribution in [0, 0.1) is 0 Å². The molecular formula is C16H19ClF3IN4S. The lowest BCUT2D eigenvalue weighted by Gasteiger charge is -2.11. The predicted molar refractivity (Wildman–Crippen MR) is 111 cm³/mol. The molecule has 0 unspecified atom stereocenters. The molecule has 0 bridgehead atoms. The molecule has 1 heterocycles. The number of aryl methyl sites for hydroxylation is 1. The van der Waals surface area contributed by atoms with Gasteiger partial charge in [-0.15, -0.1) is 35.3 Å². The van der Waals surface area contributed by atoms with Crippen LogP contribution in [0.15, 0.2) is 34.6 Å². The average Bonchev–Trinajstić information content (AvgIpc) is 3.05. The van der Waals surface area contributed by atoms with Gasteiger partial charge < -0.3 is 10.6 Å². The monoisotopic (exact) mass is 518 g/mol. The van der Waals surface area contributed by atoms with Crippen LogP contribution in [-0.4, -0.2) is 24.5 Å². The van der Waals surface area contributed by atoms with Crippen LogP contribution in [-0.2, 0) is 19.1 Å². The van der Waals surface area contributed by atoms with Gasteiger partial charge in [0.15, 0.2) is 11.7 Å². The van der Waals surface area contributed by atoms with Crippen molar-refractivity contribution in [1.82, 2.24) is 15.6 Å². The van der Waals surface area contributed by atoms with E-state index in [1.807, 2.05) is 24.3 Å². The number of nitrogens with one attached hydrogen (secondary N) is 2. The third-order valence-corrected chi connectivity index (χ3v) is 4.42. The fourth-order valence-electron chi connectivity index (χ4n) is 2.05. The van der Waals surface area contributed by atoms with Crippen molar-refractivity contribution >= 4 is 52.9 Å². The Balaban J connectivity index is 0.00000338. The molecule has 1 aromatic carbocycles. The Bertz CT molecular complexity index is 704. The van der Waals surface area contributed by atoms with Gasteiger partial charge in [0.05, 0.1) is 6.54 Å². The highest BCUT2D eigenvalue weighted by atomic mass is 127. The first-order chi connectivity index (χ1) is 11.9. The number of nitrogens with zero attached hydrogens (tertiary/aromatic N) is 2. The summed E-state index contributed by atoms with van der Waals surface area (Å²) >= 11 is 6.81. The number of aliphatic imine (C=N–C) groups is 1. The highest BCUT2D eigenvalue weighted by Crippen LogP contribution is 2.29. The van der Waals surface area contributed by atoms with E-state index in [-0.39, 0.29) is 30.5 Å². The van der Waals surface area contributed by atoms with Gasteiger partial charge in [0, 0.05) is 24.0 Å². The minimum Gasteiger partial charge on any atom is -0.356 e. The molecule has 4 nitrogen and oxygen atoms in total. The molecule has 26 heavy (non-hydrogen) atoms. The first kappa shape index (κ1) is 23.0. The Morgan fingerprint density at radius 3 is 2.50 bits per heavy atom. The fourth-order valence-corrected chi connectivity index (χ4v) is 2.92. The van der Waals surface area contributed by atoms with E-state index in [4.69, 9.17) is 11.6 Å². The normalized spacial score (nSPS) is 11.8. The lowest BCUT2D eigenvalue weighted by atomic mass is 10.1. The van der Waals surface area contributed by atoms with Crippen LogP contribution in [0.3, 0.4) is 0 Å². The van der Waals surface area contributed by atoms with Crippen LogP contribution >= 0.6 is 46.9 Å². The number of benzene rings is 1. The van der Waals surface area contributed by atoms with Gasteiger partial charge in [-0.3, -0.25) is 4.99 Å². The predicted octanol–water partition coefficient (Wildman–Crippen LogP) is 4.73. The van der Waals surface area contributed by atoms with Crippen molar-refractivity contribution in [2.45, 2.75) is 25.6 Å². The summed E-state index contributed by atoms with van der Waals surface area (Å²) in [7, 11) is 1.61. The number of hydrogen-bond donors (Lipinski definition) is 2. The van der Waals surface area contributed by atoms with E-state index in [1.54, 1.807) is 7.05 Å². The van der Waals surface area contributed by atoms with E-state index in [9.17, 15) is 13.2 Å². The maximum Gasteiger partial charge on any atom is 0.434 e. The van der Waals surface area contributed by atoms with E-state index in [0.717, 1.165) is 29.6 Å². The van der Waals surface area contributed by atoms with Gasteiger partial charge in [-0.2, -0.15) is 13.2 Å². The molecule has 0 aliphatic heterocycles. The number of thiazole rings is 1. The van der Waals surface area contributed by atoms with Crippen molar-refractivity contribution in [2.24, 2.45) is 4.99 Å². The average molecular weight is 519 g/mol. The minimum atomic E-state index is -4.41. The molecule has 0 aliphatic rings. The Morgan fingerprint density at radius 2 is 1.92 bits per heavy atom. The molecule has 0 spiro atoms. The van der Waals surface area contributed by atoms with Crippen LogP contribution in [0.25, 0.3) is 0 Å². The van der Waals surface area contributed by atoms with Crippen molar-refractivity contribution in [1.29, 1.82) is 0 Å². The number of alkyl halides is 3. The smallest absolute Gasteiger partial charge is 0.356 e. The van der Waals surface area contributed by atoms with Gasteiger partial charge in [0.25, 0.3) is 0 Å². The number of rotatable bonds is 6. The Labute approximate surface area is 176 Å². The second-order valence-corrected chi connectivity index (χ2v) is 6.59. The molecule has 0 atom stereocenters. The van der Waals surface area contributed by atoms with Crippen LogP contribution in [0.4, 0.5) is 13.2 Å². The summed E-state index contributed by atoms with van der Waals surface area (Å²) in [6.45, 7) is 0.881. The Hall–Kier alpha value is -1.07. The highest BCUT2D eigenvalue weighted by molar-refractivity contribution is 14.0. The topological polar surface area (TPSA) is 49.3 Å². The minimum absolute atomic E-state index is 0. The van der Waals surface area contributed by atoms with Gasteiger partial charge >= 0.3 is 6.18 Å². The molecular weight excluding hydrogens is 500 g/mol. The molecule has 0 radical (unpaired) electrons. The molecule has 0 amide bonds. The summed E-state index contributed by atoms with van der Waals surface area (Å²) in [4.78, 5) is 7.61. The zero-order chi connectivity index (χ0) is 18.3. The van der Waals surface area contributed by atoms with E-state index in [2.05, 4.69) is 20.6 Å². The number of halogens is 5. The second-order valence-electron chi connectivity index (χ2n) is 5.21. The van der Waals surface area contributed by atoms with Crippen LogP contribution in [0.1, 0.15) is 22.7 Å². The molecule has 144 valence electrons. The van der Waals surface area contributed by atoms with Gasteiger partial charge in [0.1, 0.15) is 5.01 Å². The molecule has 0 saturated carbocycles. The first-order valence-corrected chi connectivity index (χ1v) is 8.85. The van der Waals surface area contributed by atoms with Gasteiger partial charge in [0.2, 0.25) is 0 Å². The third-order valence-electron chi connectivity index (χ3n) is 3.32. The van der Waals surface area contributed by atoms with Crippen LogP contribution in [0.5, 0.6) is 0 Å². The molecule has 10 heteroatoms. The Kier molecular flexibility index (Phi) is 9.66. The first-order valence-electron chi connectivity index (χ1n) is 7.59. The number of guanidine groups is 1. The largest absolute Gasteiger partial charge is 0.434 e. The van der Waals surface area contributed by atoms with E-state index < -0.39 is 11.9 Å². The quantitative estimate of drug-likeness (QED) is 0.252. The van der Waals surface area contributed by atoms with E-state index in [0.29, 0.717) is 22.5 Å². The molecule has 2 rings (SSSR count). The second kappa shape index (κ2) is 10.9. The van der Waals surface area contributed by atoms with Gasteiger partial charge in [-0.05, 0) is 30.5 Å². The molecule has 0 fully saturated rings. The summed E-state index contributed by atoms with van der Waals surface area (Å²) in [6.07, 6.45) is -2.63. The van der Waals surface area contributed by atoms with Crippen LogP contribution in [0.2, 0.25) is 5.02 Å². The molecule has 2 N–H and O–H groups in total. The molecule has 2 aromatic rings. The standard InChI is InChI=1S/C16H18ClF3N4S.HI/c1-21-15(22-8-2-3-11-4-6-12(17)7-5-11)23-9-14-24-13(10-25-14)16(18,19)20;/h4-7,10H,2-3,8-9H2,1H3,(H2,21,22,23);1H. The summed E-state index contributed by atoms with van der Waals surface area (Å²) < 4.78 is 37.5. The van der Waals surface area contributed by atoms with Crippen molar-refractivity contribution in [3.63, 3.8) is 0 Å². The molecule has 0 aliphatic carbocycles. The zero-order valence-electron chi connectivity index (χ0n) is 13.9. The molecule has 1 aromatic heterocycles. The third kappa shape index (κ3) is 7.67. The van der Waals surface area contributed by atoms with E-state index in [1.165, 1.54) is 5.56 Å². The lowest BCUT2D eigenvalue weighted by molar-refractivity contribution is -0.140. The maximum absolute atomic E-state index is 12.5. The van der Waals surface area contributed by atoms with Crippen molar-refractivity contribution < 1.29 is 13.2 Å². The summed E-state index contributed by atoms with van der Waals surface area (Å²) in [6, 6.07) is 7.67. The van der Waals surface area contributed by atoms with Crippen LogP contribution < -0.4 is 10.6 Å². The summed E-state index contributed by atoms with van der Waals surface area (Å²) in [5.74, 6) is 0.528. The van der Waals surface area contributed by atoms with Gasteiger partial charge in [-0.1, -0.05) is 23.7 Å². The van der Waals surface area contributed by atoms with E-state index >= 15 is 0 Å². The summed E-state index contributed by atoms with van der Waals surface area (Å²) in [5.41, 5.74) is 0.330. The summed E-state index contributed by atoms with van der Waals surface area (Å²) in [5, 5.41) is 8.17. The highest BCUT2D eigenvalue weighted by Gasteiger charge is 2.33. The number of hydrogen-bond acceptors (Lipinski definition) is 3. The number of aromatic nitrogens is 1. The lowest BCUT2D eigenvalue weighted by Crippen LogP contribution is -2.37. The zero-order valence-corrected chi connectivity index (χ0v) is 17.8. The van der Waals surface area contributed by atoms with Crippen molar-refractivity contribution in [3.05, 3.63) is 50.9 Å². The van der Waals surface area contributed by atoms with Crippen molar-refractivity contribution in [2.75, 3.05) is 13.6 Å². The van der Waals surface area contributed by atoms with Crippen molar-refractivity contribution in [3.8, 4) is 0 Å². The Morgan fingerprint density at radius 1 is 1.23 bits per heavy atom. The van der Waals surface area contributed by atoms with Gasteiger partial charge in [-0.25, -0.2) is 4.98 Å². The fraction of sp³-hybridized carbons (Fsp3) is 0.375. The SMILES string of the molecule is CN=C(NCCCc1ccc(Cl)cc1)NCc1nc(C(F)(F)F)cs1.I. The molecule has 0 saturated heterocycles.